The van der Waals surface area contributed by atoms with E-state index in [-0.39, 0.29) is 6.42 Å². The van der Waals surface area contributed by atoms with E-state index in [1.165, 1.54) is 6.07 Å². The molecule has 0 aliphatic rings. The highest BCUT2D eigenvalue weighted by molar-refractivity contribution is 6.08. The van der Waals surface area contributed by atoms with Gasteiger partial charge in [0.1, 0.15) is 11.9 Å². The van der Waals surface area contributed by atoms with Crippen molar-refractivity contribution in [3.63, 3.8) is 0 Å². The number of hydrogen-bond acceptors (Lipinski definition) is 2. The lowest BCUT2D eigenvalue weighted by atomic mass is 10.0. The van der Waals surface area contributed by atoms with E-state index >= 15 is 0 Å². The van der Waals surface area contributed by atoms with Gasteiger partial charge in [0.05, 0.1) is 0 Å². The first-order chi connectivity index (χ1) is 12.1. The van der Waals surface area contributed by atoms with Crippen LogP contribution in [0, 0.1) is 5.82 Å². The third-order valence-corrected chi connectivity index (χ3v) is 4.06. The summed E-state index contributed by atoms with van der Waals surface area (Å²) in [6.45, 7) is 0. The Hall–Kier alpha value is -3.21. The average Bonchev–Trinajstić information content (AvgIpc) is 2.62. The maximum Gasteiger partial charge on any atom is 0.252 e. The standard InChI is InChI=1S/C20H17FN2O2/c21-17-11-4-2-7-14(17)12-18(19(22)24)23-20(25)16-10-5-8-13-6-1-3-9-15(13)16/h1-11,18H,12H2,(H2,22,24)(H,23,25)/t18-/m0/s1. The van der Waals surface area contributed by atoms with Crippen LogP contribution in [0.25, 0.3) is 10.8 Å². The van der Waals surface area contributed by atoms with E-state index in [4.69, 9.17) is 5.73 Å². The molecule has 3 aromatic carbocycles. The van der Waals surface area contributed by atoms with Gasteiger partial charge < -0.3 is 11.1 Å². The zero-order valence-electron chi connectivity index (χ0n) is 13.4. The van der Waals surface area contributed by atoms with Crippen LogP contribution in [0.15, 0.2) is 66.7 Å². The molecule has 0 spiro atoms. The van der Waals surface area contributed by atoms with Gasteiger partial charge in [0.15, 0.2) is 0 Å². The number of carbonyl (C=O) groups excluding carboxylic acids is 2. The molecule has 0 unspecified atom stereocenters. The molecule has 1 atom stereocenters. The largest absolute Gasteiger partial charge is 0.368 e. The van der Waals surface area contributed by atoms with E-state index in [1.807, 2.05) is 30.3 Å². The fourth-order valence-electron chi connectivity index (χ4n) is 2.77. The third kappa shape index (κ3) is 3.66. The fraction of sp³-hybridized carbons (Fsp3) is 0.100. The minimum atomic E-state index is -0.997. The van der Waals surface area contributed by atoms with Gasteiger partial charge in [-0.2, -0.15) is 0 Å². The second-order valence-corrected chi connectivity index (χ2v) is 5.75. The molecule has 126 valence electrons. The van der Waals surface area contributed by atoms with E-state index < -0.39 is 23.7 Å². The van der Waals surface area contributed by atoms with Crippen LogP contribution in [0.2, 0.25) is 0 Å². The number of primary amides is 1. The van der Waals surface area contributed by atoms with Gasteiger partial charge in [-0.25, -0.2) is 4.39 Å². The van der Waals surface area contributed by atoms with Crippen molar-refractivity contribution in [3.8, 4) is 0 Å². The Morgan fingerprint density at radius 3 is 2.40 bits per heavy atom. The minimum absolute atomic E-state index is 0.00148. The van der Waals surface area contributed by atoms with Crippen LogP contribution in [0.3, 0.4) is 0 Å². The van der Waals surface area contributed by atoms with Crippen LogP contribution >= 0.6 is 0 Å². The first-order valence-corrected chi connectivity index (χ1v) is 7.87. The fourth-order valence-corrected chi connectivity index (χ4v) is 2.77. The van der Waals surface area contributed by atoms with Crippen molar-refractivity contribution in [2.75, 3.05) is 0 Å². The predicted molar refractivity (Wildman–Crippen MR) is 94.5 cm³/mol. The number of fused-ring (bicyclic) bond motifs is 1. The van der Waals surface area contributed by atoms with Gasteiger partial charge >= 0.3 is 0 Å². The molecule has 3 N–H and O–H groups in total. The Kier molecular flexibility index (Phi) is 4.75. The topological polar surface area (TPSA) is 72.2 Å². The van der Waals surface area contributed by atoms with Gasteiger partial charge in [-0.3, -0.25) is 9.59 Å². The molecule has 0 aliphatic carbocycles. The van der Waals surface area contributed by atoms with E-state index in [0.29, 0.717) is 11.1 Å². The highest BCUT2D eigenvalue weighted by atomic mass is 19.1. The molecule has 2 amide bonds. The van der Waals surface area contributed by atoms with Crippen LogP contribution in [0.4, 0.5) is 4.39 Å². The first-order valence-electron chi connectivity index (χ1n) is 7.87. The number of halogens is 1. The Morgan fingerprint density at radius 2 is 1.64 bits per heavy atom. The van der Waals surface area contributed by atoms with Gasteiger partial charge in [-0.1, -0.05) is 54.6 Å². The quantitative estimate of drug-likeness (QED) is 0.752. The molecule has 3 aromatic rings. The van der Waals surface area contributed by atoms with Gasteiger partial charge in [0.25, 0.3) is 5.91 Å². The number of nitrogens with two attached hydrogens (primary N) is 1. The highest BCUT2D eigenvalue weighted by Gasteiger charge is 2.21. The Labute approximate surface area is 144 Å². The second-order valence-electron chi connectivity index (χ2n) is 5.75. The van der Waals surface area contributed by atoms with Gasteiger partial charge in [-0.05, 0) is 28.5 Å². The number of nitrogens with one attached hydrogen (secondary N) is 1. The van der Waals surface area contributed by atoms with Crippen molar-refractivity contribution < 1.29 is 14.0 Å². The number of benzene rings is 3. The highest BCUT2D eigenvalue weighted by Crippen LogP contribution is 2.19. The van der Waals surface area contributed by atoms with E-state index in [0.717, 1.165) is 10.8 Å². The molecule has 0 aromatic heterocycles. The summed E-state index contributed by atoms with van der Waals surface area (Å²) in [4.78, 5) is 24.4. The monoisotopic (exact) mass is 336 g/mol. The molecule has 3 rings (SSSR count). The van der Waals surface area contributed by atoms with Crippen molar-refractivity contribution >= 4 is 22.6 Å². The summed E-state index contributed by atoms with van der Waals surface area (Å²) in [5.41, 5.74) is 6.16. The molecule has 0 aliphatic heterocycles. The van der Waals surface area contributed by atoms with Crippen LogP contribution in [0.5, 0.6) is 0 Å². The van der Waals surface area contributed by atoms with Crippen LogP contribution in [0.1, 0.15) is 15.9 Å². The molecule has 25 heavy (non-hydrogen) atoms. The van der Waals surface area contributed by atoms with Crippen molar-refractivity contribution in [1.82, 2.24) is 5.32 Å². The number of carbonyl (C=O) groups is 2. The summed E-state index contributed by atoms with van der Waals surface area (Å²) in [6.07, 6.45) is -0.00148. The molecular weight excluding hydrogens is 319 g/mol. The van der Waals surface area contributed by atoms with E-state index in [1.54, 1.807) is 30.3 Å². The zero-order valence-corrected chi connectivity index (χ0v) is 13.4. The third-order valence-electron chi connectivity index (χ3n) is 4.06. The van der Waals surface area contributed by atoms with Crippen LogP contribution in [-0.4, -0.2) is 17.9 Å². The second kappa shape index (κ2) is 7.13. The molecule has 0 bridgehead atoms. The minimum Gasteiger partial charge on any atom is -0.368 e. The lowest BCUT2D eigenvalue weighted by molar-refractivity contribution is -0.119. The molecule has 0 radical (unpaired) electrons. The molecule has 4 nitrogen and oxygen atoms in total. The lowest BCUT2D eigenvalue weighted by Crippen LogP contribution is -2.46. The Morgan fingerprint density at radius 1 is 0.960 bits per heavy atom. The van der Waals surface area contributed by atoms with Crippen molar-refractivity contribution in [2.24, 2.45) is 5.73 Å². The maximum absolute atomic E-state index is 13.8. The predicted octanol–water partition coefficient (Wildman–Crippen LogP) is 2.81. The van der Waals surface area contributed by atoms with Crippen molar-refractivity contribution in [2.45, 2.75) is 12.5 Å². The summed E-state index contributed by atoms with van der Waals surface area (Å²) in [6, 6.07) is 17.9. The maximum atomic E-state index is 13.8. The molecular formula is C20H17FN2O2. The van der Waals surface area contributed by atoms with Crippen molar-refractivity contribution in [3.05, 3.63) is 83.7 Å². The molecule has 0 heterocycles. The number of amides is 2. The summed E-state index contributed by atoms with van der Waals surface area (Å²) >= 11 is 0. The summed E-state index contributed by atoms with van der Waals surface area (Å²) in [5.74, 6) is -1.57. The van der Waals surface area contributed by atoms with Gasteiger partial charge in [0, 0.05) is 12.0 Å². The molecule has 5 heteroatoms. The molecule has 0 saturated carbocycles. The van der Waals surface area contributed by atoms with E-state index in [9.17, 15) is 14.0 Å². The lowest BCUT2D eigenvalue weighted by Gasteiger charge is -2.17. The SMILES string of the molecule is NC(=O)[C@H](Cc1ccccc1F)NC(=O)c1cccc2ccccc12. The summed E-state index contributed by atoms with van der Waals surface area (Å²) in [7, 11) is 0. The zero-order chi connectivity index (χ0) is 17.8. The Balaban J connectivity index is 1.86. The van der Waals surface area contributed by atoms with Gasteiger partial charge in [-0.15, -0.1) is 0 Å². The molecule has 0 fully saturated rings. The number of rotatable bonds is 5. The summed E-state index contributed by atoms with van der Waals surface area (Å²) in [5, 5.41) is 4.31. The summed E-state index contributed by atoms with van der Waals surface area (Å²) < 4.78 is 13.8. The van der Waals surface area contributed by atoms with Gasteiger partial charge in [0.2, 0.25) is 5.91 Å². The smallest absolute Gasteiger partial charge is 0.252 e. The van der Waals surface area contributed by atoms with E-state index in [2.05, 4.69) is 5.32 Å². The first kappa shape index (κ1) is 16.6. The molecule has 0 saturated heterocycles. The number of hydrogen-bond donors (Lipinski definition) is 2. The van der Waals surface area contributed by atoms with Crippen LogP contribution in [-0.2, 0) is 11.2 Å². The average molecular weight is 336 g/mol. The van der Waals surface area contributed by atoms with Crippen LogP contribution < -0.4 is 11.1 Å². The normalized spacial score (nSPS) is 11.9. The Bertz CT molecular complexity index is 934. The van der Waals surface area contributed by atoms with Crippen molar-refractivity contribution in [1.29, 1.82) is 0 Å².